The summed E-state index contributed by atoms with van der Waals surface area (Å²) in [4.78, 5) is 0. The number of benzene rings is 2. The zero-order chi connectivity index (χ0) is 22.6. The molecule has 2 aromatic rings. The number of aryl methyl sites for hydroxylation is 2. The molecule has 2 aromatic carbocycles. The SMILES string of the molecule is CCCOc1cc2c(cc1C)C1(CC2(C)C)CC(C)(C)c2cc(C)c(OCCC)cc21. The fourth-order valence-corrected chi connectivity index (χ4v) is 6.31. The number of rotatable bonds is 6. The van der Waals surface area contributed by atoms with Gasteiger partial charge >= 0.3 is 0 Å². The van der Waals surface area contributed by atoms with E-state index in [2.05, 4.69) is 79.7 Å². The van der Waals surface area contributed by atoms with E-state index in [1.165, 1.54) is 33.4 Å². The lowest BCUT2D eigenvalue weighted by molar-refractivity contribution is 0.313. The van der Waals surface area contributed by atoms with Crippen LogP contribution in [0.15, 0.2) is 24.3 Å². The first-order chi connectivity index (χ1) is 14.6. The van der Waals surface area contributed by atoms with E-state index in [0.717, 1.165) is 50.4 Å². The van der Waals surface area contributed by atoms with Crippen molar-refractivity contribution in [2.24, 2.45) is 0 Å². The minimum Gasteiger partial charge on any atom is -0.493 e. The zero-order valence-corrected chi connectivity index (χ0v) is 20.9. The largest absolute Gasteiger partial charge is 0.493 e. The molecule has 2 heteroatoms. The predicted octanol–water partition coefficient (Wildman–Crippen LogP) is 7.53. The normalized spacial score (nSPS) is 22.5. The first-order valence-corrected chi connectivity index (χ1v) is 12.1. The van der Waals surface area contributed by atoms with Crippen LogP contribution in [0.2, 0.25) is 0 Å². The average molecular weight is 421 g/mol. The van der Waals surface area contributed by atoms with E-state index in [9.17, 15) is 0 Å². The molecule has 1 unspecified atom stereocenters. The zero-order valence-electron chi connectivity index (χ0n) is 20.9. The van der Waals surface area contributed by atoms with Crippen molar-refractivity contribution in [3.8, 4) is 11.5 Å². The molecule has 0 aromatic heterocycles. The van der Waals surface area contributed by atoms with Gasteiger partial charge in [0.25, 0.3) is 0 Å². The molecule has 0 N–H and O–H groups in total. The number of hydrogen-bond donors (Lipinski definition) is 0. The third-order valence-electron chi connectivity index (χ3n) is 7.53. The van der Waals surface area contributed by atoms with Crippen LogP contribution in [0.5, 0.6) is 11.5 Å². The van der Waals surface area contributed by atoms with Crippen molar-refractivity contribution in [3.05, 3.63) is 57.6 Å². The molecule has 2 aliphatic rings. The molecule has 2 nitrogen and oxygen atoms in total. The number of hydrogen-bond acceptors (Lipinski definition) is 2. The van der Waals surface area contributed by atoms with Gasteiger partial charge in [-0.05, 0) is 95.9 Å². The second-order valence-electron chi connectivity index (χ2n) is 11.2. The van der Waals surface area contributed by atoms with Crippen molar-refractivity contribution in [2.45, 2.75) is 97.3 Å². The Labute approximate surface area is 189 Å². The van der Waals surface area contributed by atoms with E-state index < -0.39 is 0 Å². The Kier molecular flexibility index (Phi) is 5.43. The van der Waals surface area contributed by atoms with Crippen LogP contribution >= 0.6 is 0 Å². The Bertz CT molecular complexity index is 998. The van der Waals surface area contributed by atoms with Gasteiger partial charge in [-0.1, -0.05) is 53.7 Å². The topological polar surface area (TPSA) is 18.5 Å². The van der Waals surface area contributed by atoms with Crippen molar-refractivity contribution in [1.82, 2.24) is 0 Å². The molecule has 4 rings (SSSR count). The highest BCUT2D eigenvalue weighted by molar-refractivity contribution is 5.63. The first kappa shape index (κ1) is 22.2. The third kappa shape index (κ3) is 3.47. The van der Waals surface area contributed by atoms with Gasteiger partial charge in [0.05, 0.1) is 13.2 Å². The van der Waals surface area contributed by atoms with Crippen LogP contribution in [0.1, 0.15) is 101 Å². The second kappa shape index (κ2) is 7.57. The summed E-state index contributed by atoms with van der Waals surface area (Å²) < 4.78 is 12.3. The van der Waals surface area contributed by atoms with Crippen LogP contribution in [0, 0.1) is 13.8 Å². The maximum atomic E-state index is 6.19. The van der Waals surface area contributed by atoms with E-state index in [-0.39, 0.29) is 16.2 Å². The van der Waals surface area contributed by atoms with Crippen LogP contribution in [-0.4, -0.2) is 13.2 Å². The van der Waals surface area contributed by atoms with Crippen molar-refractivity contribution in [2.75, 3.05) is 13.2 Å². The van der Waals surface area contributed by atoms with Gasteiger partial charge in [-0.3, -0.25) is 0 Å². The van der Waals surface area contributed by atoms with E-state index in [0.29, 0.717) is 0 Å². The Hall–Kier alpha value is -1.96. The highest BCUT2D eigenvalue weighted by atomic mass is 16.5. The fourth-order valence-electron chi connectivity index (χ4n) is 6.31. The lowest BCUT2D eigenvalue weighted by atomic mass is 9.72. The average Bonchev–Trinajstić information content (AvgIpc) is 3.03. The summed E-state index contributed by atoms with van der Waals surface area (Å²) in [6.45, 7) is 19.9. The van der Waals surface area contributed by atoms with Gasteiger partial charge < -0.3 is 9.47 Å². The standard InChI is InChI=1S/C29H40O2/c1-9-11-30-25-15-22-23(14-20(25)4)29(18-28(22,7)8)17-27(5,6)21-13-19(3)26(16-24(21)29)31-12-10-2/h13-16H,9-12,17-18H2,1-8H3. The van der Waals surface area contributed by atoms with Gasteiger partial charge in [-0.25, -0.2) is 0 Å². The van der Waals surface area contributed by atoms with Crippen molar-refractivity contribution < 1.29 is 9.47 Å². The molecule has 0 saturated carbocycles. The summed E-state index contributed by atoms with van der Waals surface area (Å²) in [5, 5.41) is 0. The highest BCUT2D eigenvalue weighted by Gasteiger charge is 2.56. The Morgan fingerprint density at radius 1 is 0.645 bits per heavy atom. The van der Waals surface area contributed by atoms with Gasteiger partial charge in [0.2, 0.25) is 0 Å². The van der Waals surface area contributed by atoms with Crippen molar-refractivity contribution in [3.63, 3.8) is 0 Å². The summed E-state index contributed by atoms with van der Waals surface area (Å²) in [6, 6.07) is 9.58. The number of fused-ring (bicyclic) bond motifs is 4. The molecular formula is C29H40O2. The van der Waals surface area contributed by atoms with E-state index in [4.69, 9.17) is 9.47 Å². The van der Waals surface area contributed by atoms with Gasteiger partial charge in [-0.2, -0.15) is 0 Å². The molecule has 0 heterocycles. The molecule has 2 aliphatic carbocycles. The molecule has 0 aliphatic heterocycles. The van der Waals surface area contributed by atoms with Crippen LogP contribution in [0.4, 0.5) is 0 Å². The molecule has 0 radical (unpaired) electrons. The van der Waals surface area contributed by atoms with Crippen molar-refractivity contribution >= 4 is 0 Å². The monoisotopic (exact) mass is 420 g/mol. The van der Waals surface area contributed by atoms with Crippen LogP contribution < -0.4 is 9.47 Å². The van der Waals surface area contributed by atoms with Crippen LogP contribution in [-0.2, 0) is 16.2 Å². The first-order valence-electron chi connectivity index (χ1n) is 12.1. The molecular weight excluding hydrogens is 380 g/mol. The molecule has 0 bridgehead atoms. The van der Waals surface area contributed by atoms with Gasteiger partial charge in [0, 0.05) is 5.41 Å². The quantitative estimate of drug-likeness (QED) is 0.481. The lowest BCUT2D eigenvalue weighted by Crippen LogP contribution is -2.27. The Balaban J connectivity index is 1.92. The maximum absolute atomic E-state index is 6.19. The van der Waals surface area contributed by atoms with E-state index >= 15 is 0 Å². The second-order valence-corrected chi connectivity index (χ2v) is 11.2. The minimum atomic E-state index is 0.0454. The summed E-state index contributed by atoms with van der Waals surface area (Å²) in [7, 11) is 0. The number of ether oxygens (including phenoxy) is 2. The predicted molar refractivity (Wildman–Crippen MR) is 130 cm³/mol. The van der Waals surface area contributed by atoms with Gasteiger partial charge in [-0.15, -0.1) is 0 Å². The summed E-state index contributed by atoms with van der Waals surface area (Å²) in [6.07, 6.45) is 4.35. The van der Waals surface area contributed by atoms with E-state index in [1.807, 2.05) is 0 Å². The van der Waals surface area contributed by atoms with Gasteiger partial charge in [0.1, 0.15) is 11.5 Å². The molecule has 1 atom stereocenters. The third-order valence-corrected chi connectivity index (χ3v) is 7.53. The molecule has 0 fully saturated rings. The summed E-state index contributed by atoms with van der Waals surface area (Å²) in [5.74, 6) is 2.11. The van der Waals surface area contributed by atoms with Crippen molar-refractivity contribution in [1.29, 1.82) is 0 Å². The van der Waals surface area contributed by atoms with E-state index in [1.54, 1.807) is 0 Å². The molecule has 1 spiro atoms. The van der Waals surface area contributed by atoms with Crippen LogP contribution in [0.25, 0.3) is 0 Å². The molecule has 0 saturated heterocycles. The molecule has 31 heavy (non-hydrogen) atoms. The fraction of sp³-hybridized carbons (Fsp3) is 0.586. The smallest absolute Gasteiger partial charge is 0.122 e. The lowest BCUT2D eigenvalue weighted by Gasteiger charge is -2.31. The summed E-state index contributed by atoms with van der Waals surface area (Å²) >= 11 is 0. The van der Waals surface area contributed by atoms with Gasteiger partial charge in [0.15, 0.2) is 0 Å². The highest BCUT2D eigenvalue weighted by Crippen LogP contribution is 2.63. The molecule has 168 valence electrons. The Morgan fingerprint density at radius 3 is 1.52 bits per heavy atom. The van der Waals surface area contributed by atoms with Crippen LogP contribution in [0.3, 0.4) is 0 Å². The Morgan fingerprint density at radius 2 is 1.03 bits per heavy atom. The maximum Gasteiger partial charge on any atom is 0.122 e. The minimum absolute atomic E-state index is 0.0454. The molecule has 0 amide bonds. The summed E-state index contributed by atoms with van der Waals surface area (Å²) in [5.41, 5.74) is 8.78.